The zero-order valence-corrected chi connectivity index (χ0v) is 18.6. The van der Waals surface area contributed by atoms with Crippen molar-refractivity contribution < 1.29 is 27.9 Å². The van der Waals surface area contributed by atoms with Crippen molar-refractivity contribution in [2.75, 3.05) is 26.2 Å². The van der Waals surface area contributed by atoms with E-state index in [-0.39, 0.29) is 11.9 Å². The van der Waals surface area contributed by atoms with Gasteiger partial charge in [-0.15, -0.1) is 0 Å². The topological polar surface area (TPSA) is 126 Å². The largest absolute Gasteiger partial charge is 0.490 e. The van der Waals surface area contributed by atoms with Crippen LogP contribution in [0.3, 0.4) is 0 Å². The molecule has 1 aromatic heterocycles. The van der Waals surface area contributed by atoms with Gasteiger partial charge in [0.05, 0.1) is 5.69 Å². The third-order valence-corrected chi connectivity index (χ3v) is 5.64. The number of carbonyl (C=O) groups excluding carboxylic acids is 1. The number of nitrogens with two attached hydrogens (primary N) is 1. The summed E-state index contributed by atoms with van der Waals surface area (Å²) in [6.07, 6.45) is -3.12. The van der Waals surface area contributed by atoms with E-state index < -0.39 is 12.1 Å². The van der Waals surface area contributed by atoms with Crippen LogP contribution in [-0.4, -0.2) is 64.0 Å². The van der Waals surface area contributed by atoms with Crippen LogP contribution in [0.5, 0.6) is 0 Å². The normalized spacial score (nSPS) is 18.4. The summed E-state index contributed by atoms with van der Waals surface area (Å²) in [6.45, 7) is 6.63. The molecule has 1 amide bonds. The number of benzene rings is 1. The number of carboxylic acid groups (broad SMARTS) is 1. The Labute approximate surface area is 195 Å². The molecule has 1 atom stereocenters. The molecule has 2 aliphatic heterocycles. The first kappa shape index (κ1) is 25.7. The summed E-state index contributed by atoms with van der Waals surface area (Å²) in [7, 11) is 0. The molecule has 0 radical (unpaired) electrons. The minimum absolute atomic E-state index is 0.0176. The number of nitrogens with zero attached hydrogens (tertiary/aromatic N) is 3. The molecular formula is C22H29F3N6O3. The number of hydrogen-bond acceptors (Lipinski definition) is 6. The van der Waals surface area contributed by atoms with E-state index in [1.54, 1.807) is 0 Å². The predicted octanol–water partition coefficient (Wildman–Crippen LogP) is 1.65. The molecule has 12 heteroatoms. The minimum atomic E-state index is -5.08. The smallest absolute Gasteiger partial charge is 0.475 e. The maximum absolute atomic E-state index is 12.4. The summed E-state index contributed by atoms with van der Waals surface area (Å²) in [5.41, 5.74) is 9.92. The molecule has 2 aromatic rings. The summed E-state index contributed by atoms with van der Waals surface area (Å²) in [5, 5.41) is 17.9. The van der Waals surface area contributed by atoms with Gasteiger partial charge in [0.25, 0.3) is 5.91 Å². The third kappa shape index (κ3) is 7.27. The number of hydrogen-bond donors (Lipinski definition) is 4. The van der Waals surface area contributed by atoms with Gasteiger partial charge in [-0.05, 0) is 30.0 Å². The van der Waals surface area contributed by atoms with Gasteiger partial charge in [0.15, 0.2) is 5.69 Å². The van der Waals surface area contributed by atoms with Gasteiger partial charge in [-0.3, -0.25) is 14.4 Å². The first-order chi connectivity index (χ1) is 16.1. The van der Waals surface area contributed by atoms with E-state index in [1.807, 2.05) is 10.7 Å². The van der Waals surface area contributed by atoms with Crippen LogP contribution in [0, 0.1) is 0 Å². The van der Waals surface area contributed by atoms with Crippen molar-refractivity contribution in [3.8, 4) is 0 Å². The number of aliphatic carboxylic acids is 1. The van der Waals surface area contributed by atoms with Crippen LogP contribution in [0.1, 0.15) is 46.2 Å². The summed E-state index contributed by atoms with van der Waals surface area (Å²) in [4.78, 5) is 23.8. The van der Waals surface area contributed by atoms with Gasteiger partial charge in [-0.25, -0.2) is 4.79 Å². The van der Waals surface area contributed by atoms with E-state index in [4.69, 9.17) is 15.6 Å². The van der Waals surface area contributed by atoms with Crippen molar-refractivity contribution in [2.45, 2.75) is 44.7 Å². The summed E-state index contributed by atoms with van der Waals surface area (Å²) < 4.78 is 33.6. The molecule has 0 aliphatic carbocycles. The number of nitrogens with one attached hydrogen (secondary N) is 2. The lowest BCUT2D eigenvalue weighted by atomic mass is 10.1. The fraction of sp³-hybridized carbons (Fsp3) is 0.500. The van der Waals surface area contributed by atoms with Crippen LogP contribution in [0.4, 0.5) is 13.2 Å². The second-order valence-electron chi connectivity index (χ2n) is 8.25. The van der Waals surface area contributed by atoms with Crippen molar-refractivity contribution in [2.24, 2.45) is 5.73 Å². The number of carboxylic acids is 1. The quantitative estimate of drug-likeness (QED) is 0.511. The second-order valence-corrected chi connectivity index (χ2v) is 8.25. The lowest BCUT2D eigenvalue weighted by Crippen LogP contribution is -2.42. The molecule has 9 nitrogen and oxygen atoms in total. The molecule has 0 spiro atoms. The van der Waals surface area contributed by atoms with Gasteiger partial charge in [0.1, 0.15) is 0 Å². The Morgan fingerprint density at radius 2 is 1.76 bits per heavy atom. The minimum Gasteiger partial charge on any atom is -0.475 e. The maximum Gasteiger partial charge on any atom is 0.490 e. The Hall–Kier alpha value is -2.96. The monoisotopic (exact) mass is 482 g/mol. The molecule has 1 saturated heterocycles. The summed E-state index contributed by atoms with van der Waals surface area (Å²) >= 11 is 0. The van der Waals surface area contributed by atoms with Gasteiger partial charge in [-0.1, -0.05) is 24.3 Å². The van der Waals surface area contributed by atoms with Gasteiger partial charge in [0.2, 0.25) is 0 Å². The first-order valence-electron chi connectivity index (χ1n) is 11.1. The van der Waals surface area contributed by atoms with Crippen LogP contribution < -0.4 is 16.4 Å². The number of amides is 1. The molecule has 1 aromatic carbocycles. The lowest BCUT2D eigenvalue weighted by molar-refractivity contribution is -0.192. The molecule has 0 bridgehead atoms. The number of halogens is 3. The zero-order chi connectivity index (χ0) is 24.7. The average molecular weight is 483 g/mol. The lowest BCUT2D eigenvalue weighted by Gasteiger charge is -2.27. The van der Waals surface area contributed by atoms with Crippen LogP contribution in [0.15, 0.2) is 30.3 Å². The molecule has 0 saturated carbocycles. The molecule has 1 unspecified atom stereocenters. The van der Waals surface area contributed by atoms with Crippen LogP contribution in [0.25, 0.3) is 0 Å². The Kier molecular flexibility index (Phi) is 8.64. The van der Waals surface area contributed by atoms with E-state index in [1.165, 1.54) is 5.56 Å². The maximum atomic E-state index is 12.4. The average Bonchev–Trinajstić information content (AvgIpc) is 3.25. The van der Waals surface area contributed by atoms with Crippen LogP contribution in [0.2, 0.25) is 0 Å². The molecule has 186 valence electrons. The molecule has 5 N–H and O–H groups in total. The van der Waals surface area contributed by atoms with Crippen molar-refractivity contribution in [3.05, 3.63) is 52.8 Å². The Balaban J connectivity index is 0.000000406. The number of carbonyl (C=O) groups is 2. The number of aryl methyl sites for hydroxylation is 1. The van der Waals surface area contributed by atoms with E-state index in [2.05, 4.69) is 44.9 Å². The fourth-order valence-electron chi connectivity index (χ4n) is 3.79. The first-order valence-corrected chi connectivity index (χ1v) is 11.1. The molecular weight excluding hydrogens is 453 g/mol. The van der Waals surface area contributed by atoms with Gasteiger partial charge < -0.3 is 21.5 Å². The molecule has 1 fully saturated rings. The summed E-state index contributed by atoms with van der Waals surface area (Å²) in [5.74, 6) is -2.90. The molecule has 4 rings (SSSR count). The van der Waals surface area contributed by atoms with E-state index in [9.17, 15) is 18.0 Å². The van der Waals surface area contributed by atoms with Crippen molar-refractivity contribution >= 4 is 11.9 Å². The number of aromatic nitrogens is 2. The van der Waals surface area contributed by atoms with Crippen LogP contribution in [-0.2, 0) is 24.4 Å². The van der Waals surface area contributed by atoms with Crippen molar-refractivity contribution in [1.29, 1.82) is 0 Å². The van der Waals surface area contributed by atoms with Crippen molar-refractivity contribution in [3.63, 3.8) is 0 Å². The van der Waals surface area contributed by atoms with E-state index in [0.717, 1.165) is 63.4 Å². The molecule has 34 heavy (non-hydrogen) atoms. The Bertz CT molecular complexity index is 971. The van der Waals surface area contributed by atoms with E-state index >= 15 is 0 Å². The third-order valence-electron chi connectivity index (χ3n) is 5.64. The summed E-state index contributed by atoms with van der Waals surface area (Å²) in [6, 6.07) is 10.3. The molecule has 2 aliphatic rings. The van der Waals surface area contributed by atoms with Crippen molar-refractivity contribution in [1.82, 2.24) is 25.3 Å². The molecule has 3 heterocycles. The van der Waals surface area contributed by atoms with Gasteiger partial charge >= 0.3 is 12.1 Å². The highest BCUT2D eigenvalue weighted by atomic mass is 19.4. The highest BCUT2D eigenvalue weighted by Gasteiger charge is 2.38. The highest BCUT2D eigenvalue weighted by molar-refractivity contribution is 5.92. The zero-order valence-electron chi connectivity index (χ0n) is 18.6. The Morgan fingerprint density at radius 3 is 2.35 bits per heavy atom. The van der Waals surface area contributed by atoms with Gasteiger partial charge in [-0.2, -0.15) is 18.3 Å². The van der Waals surface area contributed by atoms with E-state index in [0.29, 0.717) is 12.2 Å². The standard InChI is InChI=1S/C20H28N6O.C2HF3O2/c21-17-2-1-9-26-19(17)12-18(24-26)20(27)23-13-15-3-5-16(6-4-15)14-25-10-7-22-8-11-25;3-2(4,5)1(6)7/h3-6,12,17,22H,1-2,7-11,13-14,21H2,(H,23,27);(H,6,7). The second kappa shape index (κ2) is 11.4. The number of rotatable bonds is 5. The highest BCUT2D eigenvalue weighted by Crippen LogP contribution is 2.23. The Morgan fingerprint density at radius 1 is 1.15 bits per heavy atom. The number of fused-ring (bicyclic) bond motifs is 1. The fourth-order valence-corrected chi connectivity index (χ4v) is 3.79. The predicted molar refractivity (Wildman–Crippen MR) is 118 cm³/mol. The number of alkyl halides is 3. The van der Waals surface area contributed by atoms with Crippen LogP contribution >= 0.6 is 0 Å². The van der Waals surface area contributed by atoms with Gasteiger partial charge in [0, 0.05) is 51.9 Å². The number of piperazine rings is 1. The SMILES string of the molecule is NC1CCCn2nc(C(=O)NCc3ccc(CN4CCNCC4)cc3)cc21.O=C(O)C(F)(F)F.